The minimum atomic E-state index is -0.793. The van der Waals surface area contributed by atoms with E-state index in [0.29, 0.717) is 19.3 Å². The standard InChI is InChI=1S/C60H106O6/c1-4-7-10-13-16-19-22-25-27-29-30-32-34-36-39-41-44-47-50-53-59(62)65-56-57(66-60(63)54-51-48-45-42-37-24-21-18-15-12-9-6-3)55-64-58(61)52-49-46-43-40-38-35-33-31-28-26-23-20-17-14-11-8-5-2/h16,19,25-28,33,35,40,43,57H,4-15,17-18,20-24,29-32,34,36-39,41-42,44-56H2,1-3H3/b19-16-,27-25-,28-26-,35-33-,43-40-/t57-/m0/s1. The molecule has 0 N–H and O–H groups in total. The third-order valence-corrected chi connectivity index (χ3v) is 12.2. The molecule has 1 atom stereocenters. The van der Waals surface area contributed by atoms with Crippen LogP contribution in [0, 0.1) is 0 Å². The second-order valence-electron chi connectivity index (χ2n) is 18.8. The molecule has 0 spiro atoms. The average Bonchev–Trinajstić information content (AvgIpc) is 3.31. The second-order valence-corrected chi connectivity index (χ2v) is 18.8. The summed E-state index contributed by atoms with van der Waals surface area (Å²) in [7, 11) is 0. The molecule has 0 unspecified atom stereocenters. The summed E-state index contributed by atoms with van der Waals surface area (Å²) in [6.45, 7) is 6.58. The Kier molecular flexibility index (Phi) is 52.3. The summed E-state index contributed by atoms with van der Waals surface area (Å²) in [5.74, 6) is -0.939. The Hall–Kier alpha value is -2.89. The van der Waals surface area contributed by atoms with E-state index in [0.717, 1.165) is 64.2 Å². The Morgan fingerprint density at radius 1 is 0.303 bits per heavy atom. The molecule has 0 saturated heterocycles. The normalized spacial score (nSPS) is 12.5. The number of hydrogen-bond donors (Lipinski definition) is 0. The predicted octanol–water partition coefficient (Wildman–Crippen LogP) is 18.8. The number of unbranched alkanes of at least 4 members (excludes halogenated alkanes) is 30. The van der Waals surface area contributed by atoms with Gasteiger partial charge in [-0.25, -0.2) is 0 Å². The fourth-order valence-electron chi connectivity index (χ4n) is 7.96. The molecule has 6 nitrogen and oxygen atoms in total. The van der Waals surface area contributed by atoms with E-state index in [-0.39, 0.29) is 37.5 Å². The van der Waals surface area contributed by atoms with Crippen LogP contribution in [0.3, 0.4) is 0 Å². The lowest BCUT2D eigenvalue weighted by Gasteiger charge is -2.18. The Bertz CT molecular complexity index is 1200. The Morgan fingerprint density at radius 2 is 0.561 bits per heavy atom. The van der Waals surface area contributed by atoms with Gasteiger partial charge >= 0.3 is 17.9 Å². The molecule has 382 valence electrons. The highest BCUT2D eigenvalue weighted by Crippen LogP contribution is 2.15. The van der Waals surface area contributed by atoms with Gasteiger partial charge in [0.1, 0.15) is 13.2 Å². The minimum Gasteiger partial charge on any atom is -0.462 e. The lowest BCUT2D eigenvalue weighted by molar-refractivity contribution is -0.167. The van der Waals surface area contributed by atoms with Crippen molar-refractivity contribution in [3.63, 3.8) is 0 Å². The fourth-order valence-corrected chi connectivity index (χ4v) is 7.96. The van der Waals surface area contributed by atoms with Gasteiger partial charge in [-0.2, -0.15) is 0 Å². The molecular weight excluding hydrogens is 817 g/mol. The molecular formula is C60H106O6. The van der Waals surface area contributed by atoms with Gasteiger partial charge in [-0.05, 0) is 83.5 Å². The lowest BCUT2D eigenvalue weighted by Crippen LogP contribution is -2.30. The van der Waals surface area contributed by atoms with Crippen molar-refractivity contribution in [3.8, 4) is 0 Å². The van der Waals surface area contributed by atoms with Gasteiger partial charge < -0.3 is 14.2 Å². The molecule has 0 bridgehead atoms. The van der Waals surface area contributed by atoms with Crippen LogP contribution in [0.15, 0.2) is 60.8 Å². The van der Waals surface area contributed by atoms with Crippen LogP contribution in [-0.4, -0.2) is 37.2 Å². The molecule has 0 aromatic carbocycles. The van der Waals surface area contributed by atoms with E-state index in [9.17, 15) is 14.4 Å². The largest absolute Gasteiger partial charge is 0.462 e. The summed E-state index contributed by atoms with van der Waals surface area (Å²) in [4.78, 5) is 38.1. The Balaban J connectivity index is 4.39. The van der Waals surface area contributed by atoms with Gasteiger partial charge in [-0.15, -0.1) is 0 Å². The number of carbonyl (C=O) groups excluding carboxylic acids is 3. The number of ether oxygens (including phenoxy) is 3. The van der Waals surface area contributed by atoms with Crippen LogP contribution in [0.4, 0.5) is 0 Å². The van der Waals surface area contributed by atoms with Gasteiger partial charge in [0.15, 0.2) is 6.10 Å². The molecule has 0 aliphatic heterocycles. The van der Waals surface area contributed by atoms with Crippen molar-refractivity contribution in [3.05, 3.63) is 60.8 Å². The fraction of sp³-hybridized carbons (Fsp3) is 0.783. The third kappa shape index (κ3) is 52.1. The van der Waals surface area contributed by atoms with E-state index in [4.69, 9.17) is 14.2 Å². The maximum Gasteiger partial charge on any atom is 0.306 e. The first kappa shape index (κ1) is 63.1. The summed E-state index contributed by atoms with van der Waals surface area (Å²) in [6.07, 6.45) is 67.8. The zero-order chi connectivity index (χ0) is 47.9. The topological polar surface area (TPSA) is 78.9 Å². The van der Waals surface area contributed by atoms with E-state index >= 15 is 0 Å². The van der Waals surface area contributed by atoms with Crippen molar-refractivity contribution in [2.75, 3.05) is 13.2 Å². The Labute approximate surface area is 409 Å². The lowest BCUT2D eigenvalue weighted by atomic mass is 10.0. The summed E-state index contributed by atoms with van der Waals surface area (Å²) >= 11 is 0. The zero-order valence-corrected chi connectivity index (χ0v) is 43.7. The van der Waals surface area contributed by atoms with Crippen LogP contribution in [0.5, 0.6) is 0 Å². The first-order valence-corrected chi connectivity index (χ1v) is 28.3. The van der Waals surface area contributed by atoms with Crippen LogP contribution in [0.2, 0.25) is 0 Å². The molecule has 0 saturated carbocycles. The molecule has 0 amide bonds. The highest BCUT2D eigenvalue weighted by atomic mass is 16.6. The van der Waals surface area contributed by atoms with Gasteiger partial charge in [-0.1, -0.05) is 242 Å². The van der Waals surface area contributed by atoms with Gasteiger partial charge in [0.25, 0.3) is 0 Å². The molecule has 6 heteroatoms. The molecule has 0 aromatic heterocycles. The molecule has 0 aromatic rings. The Morgan fingerprint density at radius 3 is 0.939 bits per heavy atom. The van der Waals surface area contributed by atoms with Gasteiger partial charge in [0.2, 0.25) is 0 Å². The second kappa shape index (κ2) is 54.7. The van der Waals surface area contributed by atoms with E-state index < -0.39 is 6.10 Å². The highest BCUT2D eigenvalue weighted by molar-refractivity contribution is 5.71. The molecule has 0 rings (SSSR count). The van der Waals surface area contributed by atoms with Gasteiger partial charge in [0.05, 0.1) is 0 Å². The zero-order valence-electron chi connectivity index (χ0n) is 43.7. The minimum absolute atomic E-state index is 0.0898. The highest BCUT2D eigenvalue weighted by Gasteiger charge is 2.19. The van der Waals surface area contributed by atoms with Crippen molar-refractivity contribution in [2.45, 2.75) is 290 Å². The van der Waals surface area contributed by atoms with Crippen LogP contribution in [-0.2, 0) is 28.6 Å². The molecule has 0 radical (unpaired) electrons. The van der Waals surface area contributed by atoms with Crippen LogP contribution in [0.25, 0.3) is 0 Å². The smallest absolute Gasteiger partial charge is 0.306 e. The van der Waals surface area contributed by atoms with E-state index in [2.05, 4.69) is 81.5 Å². The first-order chi connectivity index (χ1) is 32.5. The van der Waals surface area contributed by atoms with Crippen molar-refractivity contribution in [1.29, 1.82) is 0 Å². The van der Waals surface area contributed by atoms with Crippen LogP contribution < -0.4 is 0 Å². The quantitative estimate of drug-likeness (QED) is 0.0262. The number of hydrogen-bond acceptors (Lipinski definition) is 6. The van der Waals surface area contributed by atoms with Crippen molar-refractivity contribution < 1.29 is 28.6 Å². The number of rotatable bonds is 51. The molecule has 0 aliphatic rings. The number of esters is 3. The first-order valence-electron chi connectivity index (χ1n) is 28.3. The summed E-state index contributed by atoms with van der Waals surface area (Å²) in [6, 6.07) is 0. The van der Waals surface area contributed by atoms with Crippen molar-refractivity contribution in [2.24, 2.45) is 0 Å². The maximum atomic E-state index is 12.8. The summed E-state index contributed by atoms with van der Waals surface area (Å²) in [5.41, 5.74) is 0. The summed E-state index contributed by atoms with van der Waals surface area (Å²) < 4.78 is 16.8. The maximum absolute atomic E-state index is 12.8. The summed E-state index contributed by atoms with van der Waals surface area (Å²) in [5, 5.41) is 0. The van der Waals surface area contributed by atoms with Gasteiger partial charge in [0, 0.05) is 19.3 Å². The van der Waals surface area contributed by atoms with E-state index in [1.54, 1.807) is 0 Å². The van der Waals surface area contributed by atoms with E-state index in [1.165, 1.54) is 173 Å². The van der Waals surface area contributed by atoms with Crippen LogP contribution >= 0.6 is 0 Å². The third-order valence-electron chi connectivity index (χ3n) is 12.2. The number of allylic oxidation sites excluding steroid dienone is 10. The molecule has 0 fully saturated rings. The predicted molar refractivity (Wildman–Crippen MR) is 284 cm³/mol. The molecule has 66 heavy (non-hydrogen) atoms. The van der Waals surface area contributed by atoms with Crippen LogP contribution in [0.1, 0.15) is 284 Å². The molecule has 0 heterocycles. The molecule has 0 aliphatic carbocycles. The number of carbonyl (C=O) groups is 3. The SMILES string of the molecule is CCCCC/C=C\C/C=C\CCCCCCCCCCCC(=O)OC[C@H](COC(=O)CCC/C=C\C/C=C\C/C=C\CCCCCCCC)OC(=O)CCCCCCCCCCCCCC. The van der Waals surface area contributed by atoms with Crippen molar-refractivity contribution in [1.82, 2.24) is 0 Å². The average molecular weight is 924 g/mol. The monoisotopic (exact) mass is 923 g/mol. The van der Waals surface area contributed by atoms with Crippen molar-refractivity contribution >= 4 is 17.9 Å². The van der Waals surface area contributed by atoms with Gasteiger partial charge in [-0.3, -0.25) is 14.4 Å². The van der Waals surface area contributed by atoms with E-state index in [1.807, 2.05) is 0 Å².